The van der Waals surface area contributed by atoms with Crippen molar-refractivity contribution in [2.45, 2.75) is 6.42 Å². The minimum atomic E-state index is -0.352. The highest BCUT2D eigenvalue weighted by Gasteiger charge is 2.23. The third kappa shape index (κ3) is 4.17. The van der Waals surface area contributed by atoms with Crippen LogP contribution in [0.2, 0.25) is 0 Å². The molecule has 0 aliphatic carbocycles. The van der Waals surface area contributed by atoms with Gasteiger partial charge in [0.05, 0.1) is 17.2 Å². The van der Waals surface area contributed by atoms with E-state index in [0.717, 1.165) is 0 Å². The molecule has 0 atom stereocenters. The summed E-state index contributed by atoms with van der Waals surface area (Å²) in [5.74, 6) is -0.100. The number of nitrogen functional groups attached to an aromatic ring is 1. The quantitative estimate of drug-likeness (QED) is 0.313. The summed E-state index contributed by atoms with van der Waals surface area (Å²) in [6.07, 6.45) is 2.21. The lowest BCUT2D eigenvalue weighted by molar-refractivity contribution is 0.0951. The molecule has 0 spiro atoms. The number of carbonyl (C=O) groups excluding carboxylic acids is 1. The second-order valence-corrected chi connectivity index (χ2v) is 6.90. The number of carbonyl (C=O) groups is 1. The number of ether oxygens (including phenoxy) is 1. The Morgan fingerprint density at radius 2 is 2.00 bits per heavy atom. The number of amides is 1. The molecule has 4 N–H and O–H groups in total. The van der Waals surface area contributed by atoms with Gasteiger partial charge in [0.25, 0.3) is 5.91 Å². The topological polar surface area (TPSA) is 128 Å². The van der Waals surface area contributed by atoms with Gasteiger partial charge in [-0.2, -0.15) is 9.78 Å². The SMILES string of the molecule is COCCCNC(=O)c1c(N)n(/N=C\c2cccc(O)c2)c2nc3ccccc3nc12. The van der Waals surface area contributed by atoms with E-state index in [9.17, 15) is 9.90 Å². The van der Waals surface area contributed by atoms with Crippen molar-refractivity contribution in [1.82, 2.24) is 20.0 Å². The van der Waals surface area contributed by atoms with Crippen molar-refractivity contribution in [1.29, 1.82) is 0 Å². The van der Waals surface area contributed by atoms with Crippen molar-refractivity contribution in [3.63, 3.8) is 0 Å². The Morgan fingerprint density at radius 1 is 1.23 bits per heavy atom. The van der Waals surface area contributed by atoms with Gasteiger partial charge in [0.1, 0.15) is 22.6 Å². The van der Waals surface area contributed by atoms with Crippen LogP contribution in [0.25, 0.3) is 22.2 Å². The fourth-order valence-electron chi connectivity index (χ4n) is 3.22. The van der Waals surface area contributed by atoms with Crippen LogP contribution in [0.15, 0.2) is 53.6 Å². The normalized spacial score (nSPS) is 11.5. The number of benzene rings is 2. The number of aromatic nitrogens is 3. The first kappa shape index (κ1) is 20.3. The van der Waals surface area contributed by atoms with Crippen LogP contribution in [0.5, 0.6) is 5.75 Å². The van der Waals surface area contributed by atoms with Crippen molar-refractivity contribution in [3.05, 3.63) is 59.7 Å². The maximum absolute atomic E-state index is 12.9. The summed E-state index contributed by atoms with van der Waals surface area (Å²) in [6.45, 7) is 0.975. The maximum Gasteiger partial charge on any atom is 0.257 e. The molecule has 0 saturated heterocycles. The highest BCUT2D eigenvalue weighted by molar-refractivity contribution is 6.10. The first-order valence-corrected chi connectivity index (χ1v) is 9.75. The van der Waals surface area contributed by atoms with E-state index >= 15 is 0 Å². The number of phenols is 1. The van der Waals surface area contributed by atoms with E-state index in [1.165, 1.54) is 10.9 Å². The fourth-order valence-corrected chi connectivity index (χ4v) is 3.22. The Balaban J connectivity index is 1.81. The smallest absolute Gasteiger partial charge is 0.257 e. The molecule has 0 aliphatic rings. The minimum Gasteiger partial charge on any atom is -0.508 e. The summed E-state index contributed by atoms with van der Waals surface area (Å²) in [6, 6.07) is 14.0. The van der Waals surface area contributed by atoms with E-state index in [4.69, 9.17) is 10.5 Å². The zero-order chi connectivity index (χ0) is 21.8. The molecule has 31 heavy (non-hydrogen) atoms. The predicted octanol–water partition coefficient (Wildman–Crippen LogP) is 2.52. The summed E-state index contributed by atoms with van der Waals surface area (Å²) >= 11 is 0. The molecule has 0 radical (unpaired) electrons. The molecule has 9 nitrogen and oxygen atoms in total. The number of nitrogens with zero attached hydrogens (tertiary/aromatic N) is 4. The molecule has 2 heterocycles. The van der Waals surface area contributed by atoms with Crippen LogP contribution < -0.4 is 11.1 Å². The van der Waals surface area contributed by atoms with Crippen molar-refractivity contribution in [3.8, 4) is 5.75 Å². The van der Waals surface area contributed by atoms with Gasteiger partial charge in [0, 0.05) is 20.3 Å². The molecule has 4 aromatic rings. The second kappa shape index (κ2) is 8.80. The number of aromatic hydroxyl groups is 1. The highest BCUT2D eigenvalue weighted by atomic mass is 16.5. The lowest BCUT2D eigenvalue weighted by Gasteiger charge is -2.05. The zero-order valence-corrected chi connectivity index (χ0v) is 16.9. The summed E-state index contributed by atoms with van der Waals surface area (Å²) in [4.78, 5) is 22.2. The Kier molecular flexibility index (Phi) is 5.76. The van der Waals surface area contributed by atoms with Crippen LogP contribution in [0, 0.1) is 0 Å². The first-order chi connectivity index (χ1) is 15.1. The number of anilines is 1. The fraction of sp³-hybridized carbons (Fsp3) is 0.182. The standard InChI is InChI=1S/C22H22N6O3/c1-31-11-5-10-24-22(30)18-19-21(27-17-9-3-2-8-16(17)26-19)28(20(18)23)25-13-14-6-4-7-15(29)12-14/h2-4,6-9,12-13,29H,5,10-11,23H2,1H3,(H,24,30)/b25-13-. The van der Waals surface area contributed by atoms with Gasteiger partial charge in [-0.1, -0.05) is 24.3 Å². The van der Waals surface area contributed by atoms with E-state index in [1.807, 2.05) is 24.3 Å². The molecule has 0 unspecified atom stereocenters. The molecular formula is C22H22N6O3. The van der Waals surface area contributed by atoms with Gasteiger partial charge >= 0.3 is 0 Å². The molecule has 0 aliphatic heterocycles. The monoisotopic (exact) mass is 418 g/mol. The van der Waals surface area contributed by atoms with E-state index in [0.29, 0.717) is 47.3 Å². The average Bonchev–Trinajstić information content (AvgIpc) is 3.04. The molecule has 1 amide bonds. The molecule has 2 aromatic heterocycles. The lowest BCUT2D eigenvalue weighted by Crippen LogP contribution is -2.26. The number of hydrogen-bond acceptors (Lipinski definition) is 7. The van der Waals surface area contributed by atoms with Crippen LogP contribution in [0.1, 0.15) is 22.3 Å². The molecule has 0 saturated carbocycles. The zero-order valence-electron chi connectivity index (χ0n) is 16.9. The molecule has 158 valence electrons. The molecule has 0 bridgehead atoms. The van der Waals surface area contributed by atoms with Gasteiger partial charge in [-0.15, -0.1) is 0 Å². The van der Waals surface area contributed by atoms with Gasteiger partial charge in [0.2, 0.25) is 0 Å². The van der Waals surface area contributed by atoms with E-state index in [2.05, 4.69) is 20.4 Å². The number of nitrogens with one attached hydrogen (secondary N) is 1. The van der Waals surface area contributed by atoms with Crippen LogP contribution in [-0.2, 0) is 4.74 Å². The minimum absolute atomic E-state index is 0.121. The van der Waals surface area contributed by atoms with Crippen LogP contribution in [0.4, 0.5) is 5.82 Å². The van der Waals surface area contributed by atoms with E-state index in [1.54, 1.807) is 31.4 Å². The molecule has 4 rings (SSSR count). The van der Waals surface area contributed by atoms with Crippen LogP contribution in [-0.4, -0.2) is 52.1 Å². The molecule has 9 heteroatoms. The number of rotatable bonds is 7. The third-order valence-corrected chi connectivity index (χ3v) is 4.70. The molecule has 2 aromatic carbocycles. The van der Waals surface area contributed by atoms with Gasteiger partial charge < -0.3 is 20.9 Å². The maximum atomic E-state index is 12.9. The van der Waals surface area contributed by atoms with Gasteiger partial charge in [0.15, 0.2) is 5.65 Å². The second-order valence-electron chi connectivity index (χ2n) is 6.90. The average molecular weight is 418 g/mol. The predicted molar refractivity (Wildman–Crippen MR) is 119 cm³/mol. The van der Waals surface area contributed by atoms with Crippen molar-refractivity contribution in [2.75, 3.05) is 26.0 Å². The summed E-state index contributed by atoms with van der Waals surface area (Å²) in [5.41, 5.74) is 9.28. The van der Waals surface area contributed by atoms with Gasteiger partial charge in [-0.25, -0.2) is 9.97 Å². The van der Waals surface area contributed by atoms with Crippen LogP contribution >= 0.6 is 0 Å². The number of hydrogen-bond donors (Lipinski definition) is 3. The number of methoxy groups -OCH3 is 1. The Labute approximate surface area is 178 Å². The molecular weight excluding hydrogens is 396 g/mol. The van der Waals surface area contributed by atoms with E-state index in [-0.39, 0.29) is 23.0 Å². The van der Waals surface area contributed by atoms with Crippen LogP contribution in [0.3, 0.4) is 0 Å². The Hall–Kier alpha value is -3.98. The van der Waals surface area contributed by atoms with E-state index < -0.39 is 0 Å². The number of fused-ring (bicyclic) bond motifs is 2. The van der Waals surface area contributed by atoms with Crippen molar-refractivity contribution in [2.24, 2.45) is 5.10 Å². The summed E-state index contributed by atoms with van der Waals surface area (Å²) < 4.78 is 6.41. The first-order valence-electron chi connectivity index (χ1n) is 9.75. The number of phenolic OH excluding ortho intramolecular Hbond substituents is 1. The number of nitrogens with two attached hydrogens (primary N) is 1. The van der Waals surface area contributed by atoms with Crippen molar-refractivity contribution < 1.29 is 14.6 Å². The third-order valence-electron chi connectivity index (χ3n) is 4.70. The van der Waals surface area contributed by atoms with Gasteiger partial charge in [-0.3, -0.25) is 4.79 Å². The Morgan fingerprint density at radius 3 is 2.74 bits per heavy atom. The van der Waals surface area contributed by atoms with Crippen molar-refractivity contribution >= 4 is 40.1 Å². The summed E-state index contributed by atoms with van der Waals surface area (Å²) in [5, 5.41) is 16.9. The largest absolute Gasteiger partial charge is 0.508 e. The summed E-state index contributed by atoms with van der Waals surface area (Å²) in [7, 11) is 1.61. The highest BCUT2D eigenvalue weighted by Crippen LogP contribution is 2.27. The molecule has 0 fully saturated rings. The van der Waals surface area contributed by atoms with Gasteiger partial charge in [-0.05, 0) is 36.2 Å². The lowest BCUT2D eigenvalue weighted by atomic mass is 10.2. The number of para-hydroxylation sites is 2. The Bertz CT molecular complexity index is 1280.